The summed E-state index contributed by atoms with van der Waals surface area (Å²) in [5.74, 6) is 3.81. The second-order valence-corrected chi connectivity index (χ2v) is 14.8. The van der Waals surface area contributed by atoms with Gasteiger partial charge in [0.25, 0.3) is 5.91 Å². The van der Waals surface area contributed by atoms with Gasteiger partial charge in [-0.25, -0.2) is 4.79 Å². The van der Waals surface area contributed by atoms with Crippen LogP contribution in [0.1, 0.15) is 113 Å². The number of aromatic carboxylic acids is 1. The van der Waals surface area contributed by atoms with Crippen molar-refractivity contribution in [3.63, 3.8) is 0 Å². The summed E-state index contributed by atoms with van der Waals surface area (Å²) in [6, 6.07) is 6.60. The molecule has 41 heavy (non-hydrogen) atoms. The van der Waals surface area contributed by atoms with Gasteiger partial charge in [0.15, 0.2) is 0 Å². The molecule has 0 aliphatic heterocycles. The zero-order valence-corrected chi connectivity index (χ0v) is 25.9. The fourth-order valence-corrected chi connectivity index (χ4v) is 10.9. The molecule has 5 rings (SSSR count). The molecule has 1 aromatic carbocycles. The van der Waals surface area contributed by atoms with Crippen molar-refractivity contribution < 1.29 is 24.2 Å². The van der Waals surface area contributed by atoms with E-state index in [1.165, 1.54) is 38.9 Å². The van der Waals surface area contributed by atoms with E-state index in [0.717, 1.165) is 37.5 Å². The number of fused-ring (bicyclic) bond motifs is 5. The molecule has 1 amide bonds. The molecule has 4 saturated carbocycles. The molecule has 0 aromatic heterocycles. The largest absolute Gasteiger partial charge is 0.478 e. The Labute approximate surface area is 246 Å². The van der Waals surface area contributed by atoms with Crippen LogP contribution in [0, 0.1) is 58.2 Å². The third-order valence-electron chi connectivity index (χ3n) is 13.1. The van der Waals surface area contributed by atoms with Crippen molar-refractivity contribution in [2.24, 2.45) is 58.2 Å². The average Bonchev–Trinajstić information content (AvgIpc) is 3.31. The summed E-state index contributed by atoms with van der Waals surface area (Å²) >= 11 is 0. The molecule has 11 atom stereocenters. The predicted octanol–water partition coefficient (Wildman–Crippen LogP) is 7.22. The van der Waals surface area contributed by atoms with Gasteiger partial charge in [-0.1, -0.05) is 46.8 Å². The van der Waals surface area contributed by atoms with Crippen LogP contribution in [0.15, 0.2) is 24.3 Å². The van der Waals surface area contributed by atoms with Gasteiger partial charge in [-0.2, -0.15) is 0 Å². The quantitative estimate of drug-likeness (QED) is 0.341. The van der Waals surface area contributed by atoms with Crippen LogP contribution in [0.4, 0.5) is 0 Å². The first-order chi connectivity index (χ1) is 19.4. The normalized spacial score (nSPS) is 40.4. The number of hydrogen-bond donors (Lipinski definition) is 2. The number of methoxy groups -OCH3 is 1. The zero-order chi connectivity index (χ0) is 29.7. The van der Waals surface area contributed by atoms with Gasteiger partial charge in [0.1, 0.15) is 0 Å². The van der Waals surface area contributed by atoms with E-state index in [1.807, 2.05) is 0 Å². The van der Waals surface area contributed by atoms with E-state index < -0.39 is 5.97 Å². The van der Waals surface area contributed by atoms with Crippen molar-refractivity contribution >= 4 is 17.8 Å². The molecule has 0 saturated heterocycles. The first-order valence-electron chi connectivity index (χ1n) is 16.1. The molecule has 4 aliphatic rings. The van der Waals surface area contributed by atoms with Gasteiger partial charge < -0.3 is 15.2 Å². The maximum Gasteiger partial charge on any atom is 0.336 e. The second kappa shape index (κ2) is 11.4. The van der Waals surface area contributed by atoms with Crippen molar-refractivity contribution in [1.29, 1.82) is 0 Å². The number of hydrogen-bond acceptors (Lipinski definition) is 4. The van der Waals surface area contributed by atoms with Gasteiger partial charge >= 0.3 is 11.9 Å². The molecule has 2 N–H and O–H groups in total. The fourth-order valence-electron chi connectivity index (χ4n) is 10.9. The summed E-state index contributed by atoms with van der Waals surface area (Å²) in [6.07, 6.45) is 9.55. The molecule has 0 heterocycles. The number of carbonyl (C=O) groups excluding carboxylic acids is 2. The highest BCUT2D eigenvalue weighted by molar-refractivity contribution is 6.04. The first-order valence-corrected chi connectivity index (χ1v) is 16.1. The molecular formula is C35H51NO5. The fraction of sp³-hybridized carbons (Fsp3) is 0.743. The van der Waals surface area contributed by atoms with Crippen LogP contribution < -0.4 is 5.32 Å². The van der Waals surface area contributed by atoms with Gasteiger partial charge in [-0.15, -0.1) is 0 Å². The minimum atomic E-state index is -1.07. The van der Waals surface area contributed by atoms with Crippen molar-refractivity contribution in [2.75, 3.05) is 7.11 Å². The van der Waals surface area contributed by atoms with E-state index in [1.54, 1.807) is 18.2 Å². The summed E-state index contributed by atoms with van der Waals surface area (Å²) in [5.41, 5.74) is 0.911. The lowest BCUT2D eigenvalue weighted by atomic mass is 9.40. The van der Waals surface area contributed by atoms with Crippen LogP contribution in [-0.4, -0.2) is 36.1 Å². The molecule has 0 bridgehead atoms. The van der Waals surface area contributed by atoms with Crippen LogP contribution in [0.2, 0.25) is 0 Å². The van der Waals surface area contributed by atoms with Crippen molar-refractivity contribution in [2.45, 2.75) is 98.4 Å². The Hall–Kier alpha value is -2.37. The van der Waals surface area contributed by atoms with Crippen molar-refractivity contribution in [3.05, 3.63) is 35.4 Å². The number of carboxylic acid groups (broad SMARTS) is 1. The zero-order valence-electron chi connectivity index (χ0n) is 25.9. The maximum absolute atomic E-state index is 13.2. The van der Waals surface area contributed by atoms with Crippen LogP contribution in [0.25, 0.3) is 0 Å². The topological polar surface area (TPSA) is 92.7 Å². The molecule has 0 spiro atoms. The van der Waals surface area contributed by atoms with Crippen LogP contribution >= 0.6 is 0 Å². The van der Waals surface area contributed by atoms with E-state index in [-0.39, 0.29) is 34.5 Å². The van der Waals surface area contributed by atoms with Crippen LogP contribution in [-0.2, 0) is 9.53 Å². The summed E-state index contributed by atoms with van der Waals surface area (Å²) < 4.78 is 4.94. The minimum absolute atomic E-state index is 0.0634. The van der Waals surface area contributed by atoms with E-state index in [4.69, 9.17) is 4.74 Å². The highest BCUT2D eigenvalue weighted by Gasteiger charge is 2.64. The Morgan fingerprint density at radius 3 is 2.41 bits per heavy atom. The van der Waals surface area contributed by atoms with Gasteiger partial charge in [0.05, 0.1) is 18.2 Å². The van der Waals surface area contributed by atoms with Gasteiger partial charge in [-0.3, -0.25) is 9.59 Å². The predicted molar refractivity (Wildman–Crippen MR) is 159 cm³/mol. The summed E-state index contributed by atoms with van der Waals surface area (Å²) in [5, 5.41) is 12.8. The Kier molecular flexibility index (Phi) is 8.35. The molecule has 7 unspecified atom stereocenters. The third kappa shape index (κ3) is 5.12. The molecule has 4 fully saturated rings. The maximum atomic E-state index is 13.2. The molecular weight excluding hydrogens is 514 g/mol. The minimum Gasteiger partial charge on any atom is -0.478 e. The number of carboxylic acids is 1. The molecule has 1 aromatic rings. The standard InChI is InChI=1S/C35H51NO5/c1-20(11-14-30(37)41-6)27-12-13-28-31-21(2)17-23-19-24(36-32(38)25-9-7-8-10-26(25)33(39)40)15-16-34(23,4)29(31)18-22(3)35(27,28)5/h7-10,20-24,27-29,31H,11-19H2,1-6H3,(H,36,38)(H,39,40)/t20?,21?,22-,23?,24?,27+,28?,29?,31?,34-,35+/m0/s1. The number of esters is 1. The van der Waals surface area contributed by atoms with Crippen molar-refractivity contribution in [1.82, 2.24) is 5.32 Å². The highest BCUT2D eigenvalue weighted by Crippen LogP contribution is 2.71. The van der Waals surface area contributed by atoms with Crippen LogP contribution in [0.3, 0.4) is 0 Å². The van der Waals surface area contributed by atoms with Gasteiger partial charge in [0, 0.05) is 12.5 Å². The average molecular weight is 566 g/mol. The summed E-state index contributed by atoms with van der Waals surface area (Å²) in [6.45, 7) is 12.5. The SMILES string of the molecule is COC(=O)CCC(C)[C@H]1CCC2C3C(C)CC4CC(NC(=O)c5ccccc5C(=O)O)CC[C@]4(C)C3C[C@H](C)[C@@]21C. The molecule has 4 aliphatic carbocycles. The van der Waals surface area contributed by atoms with E-state index >= 15 is 0 Å². The Morgan fingerprint density at radius 2 is 1.73 bits per heavy atom. The summed E-state index contributed by atoms with van der Waals surface area (Å²) in [7, 11) is 1.49. The third-order valence-corrected chi connectivity index (χ3v) is 13.1. The Balaban J connectivity index is 1.30. The number of rotatable bonds is 7. The van der Waals surface area contributed by atoms with Gasteiger partial charge in [-0.05, 0) is 122 Å². The second-order valence-electron chi connectivity index (χ2n) is 14.8. The lowest BCUT2D eigenvalue weighted by molar-refractivity contribution is -0.161. The highest BCUT2D eigenvalue weighted by atomic mass is 16.5. The lowest BCUT2D eigenvalue weighted by Gasteiger charge is -2.65. The number of carbonyl (C=O) groups is 3. The lowest BCUT2D eigenvalue weighted by Crippen LogP contribution is -2.59. The molecule has 226 valence electrons. The molecule has 0 radical (unpaired) electrons. The molecule has 6 heteroatoms. The summed E-state index contributed by atoms with van der Waals surface area (Å²) in [4.78, 5) is 36.7. The van der Waals surface area contributed by atoms with Crippen molar-refractivity contribution in [3.8, 4) is 0 Å². The number of benzene rings is 1. The number of amides is 1. The molecule has 6 nitrogen and oxygen atoms in total. The smallest absolute Gasteiger partial charge is 0.336 e. The van der Waals surface area contributed by atoms with E-state index in [9.17, 15) is 19.5 Å². The number of nitrogens with one attached hydrogen (secondary N) is 1. The Bertz CT molecular complexity index is 1160. The van der Waals surface area contributed by atoms with Gasteiger partial charge in [0.2, 0.25) is 0 Å². The first kappa shape index (κ1) is 30.1. The number of ether oxygens (including phenoxy) is 1. The van der Waals surface area contributed by atoms with Crippen LogP contribution in [0.5, 0.6) is 0 Å². The van der Waals surface area contributed by atoms with E-state index in [0.29, 0.717) is 47.3 Å². The van der Waals surface area contributed by atoms with E-state index in [2.05, 4.69) is 39.9 Å². The Morgan fingerprint density at radius 1 is 1.02 bits per heavy atom. The monoisotopic (exact) mass is 565 g/mol.